The molecule has 0 aliphatic carbocycles. The minimum atomic E-state index is -0.748. The molecule has 0 aromatic carbocycles. The molecule has 0 fully saturated rings. The van der Waals surface area contributed by atoms with Gasteiger partial charge >= 0.3 is 23.9 Å². The number of nitrogens with two attached hydrogens (primary N) is 1. The Morgan fingerprint density at radius 3 is 1.27 bits per heavy atom. The number of carboxylic acids is 2. The highest BCUT2D eigenvalue weighted by Crippen LogP contribution is 2.23. The van der Waals surface area contributed by atoms with Gasteiger partial charge in [0, 0.05) is 101 Å². The summed E-state index contributed by atoms with van der Waals surface area (Å²) < 4.78 is 3.97. The fraction of sp³-hybridized carbons (Fsp3) is 0.731. The number of cyclic esters (lactones) is 2. The number of hydrogen-bond acceptors (Lipinski definition) is 17. The maximum atomic E-state index is 13.6. The lowest BCUT2D eigenvalue weighted by Gasteiger charge is -2.31. The lowest BCUT2D eigenvalue weighted by atomic mass is 9.98. The van der Waals surface area contributed by atoms with Crippen molar-refractivity contribution in [2.24, 2.45) is 17.6 Å². The summed E-state index contributed by atoms with van der Waals surface area (Å²) in [6, 6.07) is -0.748. The van der Waals surface area contributed by atoms with Crippen molar-refractivity contribution in [2.75, 3.05) is 60.0 Å². The summed E-state index contributed by atoms with van der Waals surface area (Å²) in [6.07, 6.45) is 52.5. The highest BCUT2D eigenvalue weighted by molar-refractivity contribution is 6.15. The van der Waals surface area contributed by atoms with Crippen LogP contribution in [0.5, 0.6) is 0 Å². The third kappa shape index (κ3) is 51.2. The lowest BCUT2D eigenvalue weighted by molar-refractivity contribution is -0.264. The van der Waals surface area contributed by atoms with Crippen LogP contribution >= 0.6 is 0 Å². The van der Waals surface area contributed by atoms with Crippen molar-refractivity contribution in [1.82, 2.24) is 24.9 Å². The van der Waals surface area contributed by atoms with Gasteiger partial charge in [-0.05, 0) is 103 Å². The zero-order valence-corrected chi connectivity index (χ0v) is 62.6. The van der Waals surface area contributed by atoms with E-state index in [9.17, 15) is 52.7 Å². The Kier molecular flexibility index (Phi) is 59.9. The molecule has 0 radical (unpaired) electrons. The molecule has 23 heteroatoms. The summed E-state index contributed by atoms with van der Waals surface area (Å²) >= 11 is 0. The zero-order chi connectivity index (χ0) is 75.1. The Bertz CT molecular complexity index is 2410. The van der Waals surface area contributed by atoms with Crippen molar-refractivity contribution >= 4 is 65.2 Å². The van der Waals surface area contributed by atoms with Crippen LogP contribution in [0.2, 0.25) is 0 Å². The molecule has 0 saturated heterocycles. The summed E-state index contributed by atoms with van der Waals surface area (Å²) in [4.78, 5) is 141. The third-order valence-corrected chi connectivity index (χ3v) is 17.9. The molecule has 0 bridgehead atoms. The lowest BCUT2D eigenvalue weighted by Crippen LogP contribution is -2.50. The van der Waals surface area contributed by atoms with Gasteiger partial charge in [0.1, 0.15) is 11.8 Å². The topological polar surface area (TPSA) is 327 Å². The first-order chi connectivity index (χ1) is 48.7. The van der Waals surface area contributed by atoms with Crippen molar-refractivity contribution in [3.8, 4) is 0 Å². The molecule has 0 spiro atoms. The first-order valence-corrected chi connectivity index (χ1v) is 38.4. The van der Waals surface area contributed by atoms with Crippen LogP contribution in [-0.4, -0.2) is 166 Å². The predicted octanol–water partition coefficient (Wildman–Crippen LogP) is 13.7. The second-order valence-corrected chi connectivity index (χ2v) is 26.6. The van der Waals surface area contributed by atoms with Gasteiger partial charge in [-0.1, -0.05) is 207 Å². The summed E-state index contributed by atoms with van der Waals surface area (Å²) in [5.41, 5.74) is 5.38. The van der Waals surface area contributed by atoms with E-state index in [-0.39, 0.29) is 36.0 Å². The fourth-order valence-electron chi connectivity index (χ4n) is 11.7. The van der Waals surface area contributed by atoms with Crippen molar-refractivity contribution in [3.63, 3.8) is 0 Å². The smallest absolute Gasteiger partial charge is 0.338 e. The number of unbranched alkanes of at least 4 members (excludes halogenated alkanes) is 28. The number of allylic oxidation sites excluding steroid dienone is 1. The summed E-state index contributed by atoms with van der Waals surface area (Å²) in [7, 11) is 3.78. The van der Waals surface area contributed by atoms with E-state index in [1.165, 1.54) is 117 Å². The normalized spacial score (nSPS) is 14.5. The molecular weight excluding hydrogens is 1290 g/mol. The number of aliphatic hydroxyl groups is 1. The molecule has 4 heterocycles. The number of esters is 2. The molecule has 3 unspecified atom stereocenters. The summed E-state index contributed by atoms with van der Waals surface area (Å²) in [6.45, 7) is 14.8. The SMILES string of the molecule is C=C(CCCCCCCCCN1C(=O)C=CC1=O)OOCCCCC(CC)CN(C)C(=O)C(CCCCCCCCC)N1C(=O)C=CC1=O.CCC(CCCCO)CNC.NCCCCCCCCCCC(=O)O.O=C(O)CCCCCCCCCCN1C(=O)C=CC1=O.O=C1C=CC(=O)O1. The fourth-order valence-corrected chi connectivity index (χ4v) is 11.7. The molecule has 3 atom stereocenters. The minimum absolute atomic E-state index is 0.159. The Hall–Kier alpha value is -6.69. The predicted molar refractivity (Wildman–Crippen MR) is 394 cm³/mol. The molecule has 4 rings (SSSR count). The van der Waals surface area contributed by atoms with Gasteiger partial charge in [-0.3, -0.25) is 57.9 Å². The first-order valence-electron chi connectivity index (χ1n) is 38.4. The van der Waals surface area contributed by atoms with Gasteiger partial charge in [-0.2, -0.15) is 4.89 Å². The van der Waals surface area contributed by atoms with Crippen LogP contribution in [0, 0.1) is 11.8 Å². The molecular formula is C78H132N6O17. The Morgan fingerprint density at radius 1 is 0.495 bits per heavy atom. The Labute approximate surface area is 605 Å². The Morgan fingerprint density at radius 2 is 0.871 bits per heavy atom. The molecule has 23 nitrogen and oxygen atoms in total. The van der Waals surface area contributed by atoms with E-state index >= 15 is 0 Å². The van der Waals surface area contributed by atoms with Gasteiger partial charge in [-0.15, -0.1) is 0 Å². The van der Waals surface area contributed by atoms with Crippen molar-refractivity contribution in [1.29, 1.82) is 0 Å². The highest BCUT2D eigenvalue weighted by Gasteiger charge is 2.37. The number of aliphatic hydroxyl groups excluding tert-OH is 1. The largest absolute Gasteiger partial charge is 0.481 e. The molecule has 101 heavy (non-hydrogen) atoms. The number of hydrogen-bond donors (Lipinski definition) is 5. The van der Waals surface area contributed by atoms with Crippen LogP contribution in [-0.2, 0) is 67.3 Å². The summed E-state index contributed by atoms with van der Waals surface area (Å²) in [5, 5.41) is 28.6. The summed E-state index contributed by atoms with van der Waals surface area (Å²) in [5.74, 6) is -2.57. The van der Waals surface area contributed by atoms with Crippen molar-refractivity contribution < 1.29 is 82.6 Å². The Balaban J connectivity index is 0.00000154. The van der Waals surface area contributed by atoms with Crippen LogP contribution in [0.25, 0.3) is 0 Å². The van der Waals surface area contributed by atoms with E-state index in [0.717, 1.165) is 216 Å². The van der Waals surface area contributed by atoms with Crippen LogP contribution < -0.4 is 11.1 Å². The molecule has 4 aliphatic heterocycles. The number of rotatable bonds is 58. The molecule has 0 aromatic heterocycles. The monoisotopic (exact) mass is 1420 g/mol. The molecule has 7 amide bonds. The third-order valence-electron chi connectivity index (χ3n) is 17.9. The molecule has 4 aliphatic rings. The van der Waals surface area contributed by atoms with Gasteiger partial charge in [-0.25, -0.2) is 9.59 Å². The minimum Gasteiger partial charge on any atom is -0.481 e. The van der Waals surface area contributed by atoms with Gasteiger partial charge < -0.3 is 40.9 Å². The van der Waals surface area contributed by atoms with Crippen molar-refractivity contribution in [2.45, 2.75) is 296 Å². The molecule has 0 aromatic rings. The van der Waals surface area contributed by atoms with Gasteiger partial charge in [0.25, 0.3) is 35.4 Å². The number of likely N-dealkylation sites (N-methyl/N-ethyl adjacent to an activating group) is 1. The van der Waals surface area contributed by atoms with E-state index in [4.69, 9.17) is 30.8 Å². The van der Waals surface area contributed by atoms with Gasteiger partial charge in [0.2, 0.25) is 5.91 Å². The van der Waals surface area contributed by atoms with E-state index in [1.54, 1.807) is 11.9 Å². The average molecular weight is 1430 g/mol. The second kappa shape index (κ2) is 64.2. The molecule has 6 N–H and O–H groups in total. The number of carbonyl (C=O) groups is 11. The number of nitrogens with zero attached hydrogens (tertiary/aromatic N) is 4. The van der Waals surface area contributed by atoms with E-state index < -0.39 is 41.7 Å². The molecule has 576 valence electrons. The van der Waals surface area contributed by atoms with Crippen LogP contribution in [0.4, 0.5) is 0 Å². The van der Waals surface area contributed by atoms with E-state index in [0.29, 0.717) is 57.4 Å². The zero-order valence-electron chi connectivity index (χ0n) is 62.6. The molecule has 0 saturated carbocycles. The number of imide groups is 3. The van der Waals surface area contributed by atoms with Gasteiger partial charge in [0.15, 0.2) is 0 Å². The average Bonchev–Trinajstić information content (AvgIpc) is 1.75. The van der Waals surface area contributed by atoms with Crippen LogP contribution in [0.15, 0.2) is 60.9 Å². The number of ether oxygens (including phenoxy) is 1. The van der Waals surface area contributed by atoms with Crippen molar-refractivity contribution in [3.05, 3.63) is 60.9 Å². The van der Waals surface area contributed by atoms with Crippen LogP contribution in [0.3, 0.4) is 0 Å². The number of nitrogens with one attached hydrogen (secondary N) is 1. The van der Waals surface area contributed by atoms with E-state index in [2.05, 4.69) is 37.4 Å². The number of carboxylic acid groups (broad SMARTS) is 2. The second-order valence-electron chi connectivity index (χ2n) is 26.6. The van der Waals surface area contributed by atoms with E-state index in [1.807, 2.05) is 7.05 Å². The quantitative estimate of drug-likeness (QED) is 0.00718. The van der Waals surface area contributed by atoms with Gasteiger partial charge in [0.05, 0.1) is 6.61 Å². The number of amides is 7. The number of carbonyl (C=O) groups excluding carboxylic acids is 9. The van der Waals surface area contributed by atoms with Crippen LogP contribution in [0.1, 0.15) is 290 Å². The maximum absolute atomic E-state index is 13.6. The maximum Gasteiger partial charge on any atom is 0.338 e. The number of aliphatic carboxylic acids is 2. The first kappa shape index (κ1) is 94.3. The standard InChI is InChI=1S/C39H63N3O7.C15H23NO4.C11H23NO2.C9H21NO.C4H2O3/c1-5-7-8-9-11-15-18-24-34(42-37(45)27-28-38(42)46)39(47)40(4)31-33(6-2)23-19-21-30-48-49-32(3)22-17-14-12-10-13-16-20-29-41-35(43)25-26-36(41)44;17-13-10-11-14(18)16(13)12-8-6-4-2-1-3-5-7-9-15(19)20;12-10-8-6-4-2-1-3-5-7-9-11(13)14;1-3-9(8-10-2)6-4-5-7-11;5-3-1-2-4(6)7-3/h25-28,33-34H,3,5-24,29-31H2,1-2,4H3;10-11H,1-9,12H2,(H,19,20);1-10,12H2,(H,13,14);9-11H,3-8H2,1-2H3;1-2H. The highest BCUT2D eigenvalue weighted by atomic mass is 17.2.